The van der Waals surface area contributed by atoms with Crippen LogP contribution in [0.5, 0.6) is 17.2 Å². The summed E-state index contributed by atoms with van der Waals surface area (Å²) in [5.41, 5.74) is 2.51. The van der Waals surface area contributed by atoms with Crippen LogP contribution in [0.25, 0.3) is 0 Å². The molecule has 0 bridgehead atoms. The van der Waals surface area contributed by atoms with Crippen LogP contribution in [0.2, 0.25) is 0 Å². The fourth-order valence-electron chi connectivity index (χ4n) is 3.39. The molecule has 3 aromatic carbocycles. The lowest BCUT2D eigenvalue weighted by Gasteiger charge is -2.15. The summed E-state index contributed by atoms with van der Waals surface area (Å²) in [5.74, 6) is 1.52. The van der Waals surface area contributed by atoms with Gasteiger partial charge in [0.05, 0.1) is 25.9 Å². The molecule has 190 valence electrons. The van der Waals surface area contributed by atoms with E-state index in [0.717, 1.165) is 29.3 Å². The highest BCUT2D eigenvalue weighted by atomic mass is 79.9. The number of ether oxygens (including phenoxy) is 3. The summed E-state index contributed by atoms with van der Waals surface area (Å²) in [6.07, 6.45) is 2.79. The number of methoxy groups -OCH3 is 1. The summed E-state index contributed by atoms with van der Waals surface area (Å²) < 4.78 is 17.9. The van der Waals surface area contributed by atoms with Crippen molar-refractivity contribution in [3.63, 3.8) is 0 Å². The average molecular weight is 572 g/mol. The molecule has 0 spiro atoms. The van der Waals surface area contributed by atoms with Crippen molar-refractivity contribution < 1.29 is 19.0 Å². The maximum atomic E-state index is 13.0. The Balaban J connectivity index is 1.55. The maximum absolute atomic E-state index is 13.0. The van der Waals surface area contributed by atoms with Crippen molar-refractivity contribution in [1.82, 2.24) is 10.6 Å². The zero-order chi connectivity index (χ0) is 25.8. The van der Waals surface area contributed by atoms with Crippen molar-refractivity contribution in [3.05, 3.63) is 87.9 Å². The molecule has 0 unspecified atom stereocenters. The van der Waals surface area contributed by atoms with Gasteiger partial charge in [-0.3, -0.25) is 10.1 Å². The first-order chi connectivity index (χ1) is 17.5. The van der Waals surface area contributed by atoms with Crippen LogP contribution in [0, 0.1) is 0 Å². The van der Waals surface area contributed by atoms with Crippen LogP contribution in [0.4, 0.5) is 0 Å². The molecule has 0 aromatic heterocycles. The lowest BCUT2D eigenvalue weighted by Crippen LogP contribution is -2.39. The van der Waals surface area contributed by atoms with E-state index in [2.05, 4.69) is 33.5 Å². The number of benzene rings is 3. The van der Waals surface area contributed by atoms with Gasteiger partial charge in [0, 0.05) is 17.4 Å². The van der Waals surface area contributed by atoms with Gasteiger partial charge in [0.2, 0.25) is 0 Å². The first-order valence-corrected chi connectivity index (χ1v) is 13.1. The molecule has 0 aliphatic rings. The molecule has 3 rings (SSSR count). The van der Waals surface area contributed by atoms with Crippen LogP contribution < -0.4 is 24.8 Å². The third-order valence-corrected chi connectivity index (χ3v) is 6.08. The predicted molar refractivity (Wildman–Crippen MR) is 150 cm³/mol. The second kappa shape index (κ2) is 14.5. The first-order valence-electron chi connectivity index (χ1n) is 11.8. The quantitative estimate of drug-likeness (QED) is 0.204. The number of thiocarbonyl (C=S) groups is 1. The van der Waals surface area contributed by atoms with Gasteiger partial charge in [0.25, 0.3) is 5.91 Å². The van der Waals surface area contributed by atoms with Gasteiger partial charge in [-0.25, -0.2) is 0 Å². The Morgan fingerprint density at radius 3 is 2.42 bits per heavy atom. The van der Waals surface area contributed by atoms with Crippen LogP contribution in [0.15, 0.2) is 71.2 Å². The van der Waals surface area contributed by atoms with Crippen molar-refractivity contribution in [2.24, 2.45) is 0 Å². The fraction of sp³-hybridized carbons (Fsp3) is 0.286. The minimum absolute atomic E-state index is 0.220. The maximum Gasteiger partial charge on any atom is 0.261 e. The topological polar surface area (TPSA) is 68.8 Å². The molecule has 0 aliphatic carbocycles. The summed E-state index contributed by atoms with van der Waals surface area (Å²) in [6.45, 7) is 3.64. The Morgan fingerprint density at radius 2 is 1.67 bits per heavy atom. The van der Waals surface area contributed by atoms with Gasteiger partial charge in [0.15, 0.2) is 16.6 Å². The zero-order valence-electron chi connectivity index (χ0n) is 20.5. The lowest BCUT2D eigenvalue weighted by atomic mass is 10.1. The highest BCUT2D eigenvalue weighted by Crippen LogP contribution is 2.28. The standard InChI is InChI=1S/C28H31BrN2O4S/c1-3-4-15-34-25-12-10-21(17-26(25)33-2)19-30-28(36)31-27(32)23-18-22(29)11-13-24(23)35-16-14-20-8-6-5-7-9-20/h5-13,17-18H,3-4,14-16,19H2,1-2H3,(H2,30,31,32,36). The molecule has 6 nitrogen and oxygen atoms in total. The number of rotatable bonds is 12. The molecule has 0 saturated carbocycles. The number of hydrogen-bond donors (Lipinski definition) is 2. The van der Waals surface area contributed by atoms with Crippen LogP contribution in [0.1, 0.15) is 41.3 Å². The number of nitrogens with one attached hydrogen (secondary N) is 2. The second-order valence-corrected chi connectivity index (χ2v) is 9.37. The second-order valence-electron chi connectivity index (χ2n) is 8.05. The molecule has 0 aliphatic heterocycles. The van der Waals surface area contributed by atoms with Gasteiger partial charge >= 0.3 is 0 Å². The van der Waals surface area contributed by atoms with Crippen molar-refractivity contribution in [3.8, 4) is 17.2 Å². The highest BCUT2D eigenvalue weighted by molar-refractivity contribution is 9.10. The lowest BCUT2D eigenvalue weighted by molar-refractivity contribution is 0.0972. The van der Waals surface area contributed by atoms with E-state index >= 15 is 0 Å². The van der Waals surface area contributed by atoms with Gasteiger partial charge in [-0.15, -0.1) is 0 Å². The van der Waals surface area contributed by atoms with Crippen molar-refractivity contribution >= 4 is 39.2 Å². The monoisotopic (exact) mass is 570 g/mol. The number of unbranched alkanes of at least 4 members (excludes halogenated alkanes) is 1. The molecule has 0 heterocycles. The van der Waals surface area contributed by atoms with E-state index in [1.807, 2.05) is 54.6 Å². The first kappa shape index (κ1) is 27.5. The van der Waals surface area contributed by atoms with E-state index in [1.165, 1.54) is 5.56 Å². The summed E-state index contributed by atoms with van der Waals surface area (Å²) >= 11 is 8.79. The largest absolute Gasteiger partial charge is 0.493 e. The summed E-state index contributed by atoms with van der Waals surface area (Å²) in [5, 5.41) is 6.03. The highest BCUT2D eigenvalue weighted by Gasteiger charge is 2.15. The number of amides is 1. The normalized spacial score (nSPS) is 10.4. The molecule has 8 heteroatoms. The average Bonchev–Trinajstić information content (AvgIpc) is 2.89. The van der Waals surface area contributed by atoms with Crippen LogP contribution in [-0.2, 0) is 13.0 Å². The van der Waals surface area contributed by atoms with Crippen LogP contribution in [0.3, 0.4) is 0 Å². The number of carbonyl (C=O) groups excluding carboxylic acids is 1. The van der Waals surface area contributed by atoms with Crippen LogP contribution >= 0.6 is 28.1 Å². The Bertz CT molecular complexity index is 1160. The summed E-state index contributed by atoms with van der Waals surface area (Å²) in [7, 11) is 1.61. The van der Waals surface area contributed by atoms with Crippen molar-refractivity contribution in [2.45, 2.75) is 32.7 Å². The van der Waals surface area contributed by atoms with Gasteiger partial charge < -0.3 is 19.5 Å². The molecular formula is C28H31BrN2O4S. The Kier molecular flexibility index (Phi) is 11.0. The minimum atomic E-state index is -0.347. The van der Waals surface area contributed by atoms with Gasteiger partial charge in [-0.2, -0.15) is 0 Å². The Morgan fingerprint density at radius 1 is 0.917 bits per heavy atom. The van der Waals surface area contributed by atoms with E-state index in [4.69, 9.17) is 26.4 Å². The van der Waals surface area contributed by atoms with E-state index in [0.29, 0.717) is 42.6 Å². The molecule has 3 aromatic rings. The third-order valence-electron chi connectivity index (χ3n) is 5.34. The molecular weight excluding hydrogens is 540 g/mol. The fourth-order valence-corrected chi connectivity index (χ4v) is 3.92. The minimum Gasteiger partial charge on any atom is -0.493 e. The van der Waals surface area contributed by atoms with Crippen LogP contribution in [-0.4, -0.2) is 31.3 Å². The van der Waals surface area contributed by atoms with Crippen molar-refractivity contribution in [2.75, 3.05) is 20.3 Å². The number of hydrogen-bond acceptors (Lipinski definition) is 5. The molecule has 0 atom stereocenters. The zero-order valence-corrected chi connectivity index (χ0v) is 22.9. The van der Waals surface area contributed by atoms with E-state index in [-0.39, 0.29) is 11.0 Å². The van der Waals surface area contributed by atoms with E-state index in [9.17, 15) is 4.79 Å². The molecule has 0 saturated heterocycles. The van der Waals surface area contributed by atoms with E-state index < -0.39 is 0 Å². The van der Waals surface area contributed by atoms with Gasteiger partial charge in [-0.05, 0) is 60.1 Å². The molecule has 2 N–H and O–H groups in total. The Labute approximate surface area is 226 Å². The van der Waals surface area contributed by atoms with Gasteiger partial charge in [-0.1, -0.05) is 65.7 Å². The molecule has 36 heavy (non-hydrogen) atoms. The summed E-state index contributed by atoms with van der Waals surface area (Å²) in [6, 6.07) is 21.1. The number of carbonyl (C=O) groups is 1. The Hall–Kier alpha value is -3.10. The predicted octanol–water partition coefficient (Wildman–Crippen LogP) is 6.06. The molecule has 1 amide bonds. The number of halogens is 1. The van der Waals surface area contributed by atoms with Crippen molar-refractivity contribution in [1.29, 1.82) is 0 Å². The van der Waals surface area contributed by atoms with Gasteiger partial charge in [0.1, 0.15) is 5.75 Å². The summed E-state index contributed by atoms with van der Waals surface area (Å²) in [4.78, 5) is 13.0. The third kappa shape index (κ3) is 8.53. The molecule has 0 radical (unpaired) electrons. The SMILES string of the molecule is CCCCOc1ccc(CNC(=S)NC(=O)c2cc(Br)ccc2OCCc2ccccc2)cc1OC. The smallest absolute Gasteiger partial charge is 0.261 e. The van der Waals surface area contributed by atoms with E-state index in [1.54, 1.807) is 19.2 Å². The molecule has 0 fully saturated rings.